The summed E-state index contributed by atoms with van der Waals surface area (Å²) in [6.45, 7) is 0.685. The Hall–Kier alpha value is -0.380. The van der Waals surface area contributed by atoms with Gasteiger partial charge in [-0.25, -0.2) is 0 Å². The molecule has 1 aliphatic rings. The molecule has 0 radical (unpaired) electrons. The standard InChI is InChI=1S/C11H10Br2N2OS/c12-8-5-9(17-10(8)13)11(16)15-4-2-1-3-7(15)6-14/h5,7H,1-4H2. The molecule has 6 heteroatoms. The first-order valence-corrected chi connectivity index (χ1v) is 7.69. The van der Waals surface area contributed by atoms with Crippen LogP contribution in [0.4, 0.5) is 0 Å². The predicted octanol–water partition coefficient (Wildman–Crippen LogP) is 3.79. The van der Waals surface area contributed by atoms with E-state index in [9.17, 15) is 4.79 Å². The topological polar surface area (TPSA) is 44.1 Å². The van der Waals surface area contributed by atoms with Gasteiger partial charge < -0.3 is 4.90 Å². The zero-order valence-corrected chi connectivity index (χ0v) is 12.9. The normalized spacial score (nSPS) is 20.1. The average molecular weight is 378 g/mol. The lowest BCUT2D eigenvalue weighted by Gasteiger charge is -2.30. The van der Waals surface area contributed by atoms with Crippen LogP contribution in [0.2, 0.25) is 0 Å². The molecule has 0 aliphatic carbocycles. The Bertz CT molecular complexity index is 461. The fourth-order valence-corrected chi connectivity index (χ4v) is 3.89. The highest BCUT2D eigenvalue weighted by atomic mass is 79.9. The maximum Gasteiger partial charge on any atom is 0.265 e. The number of thiophene rings is 1. The zero-order valence-electron chi connectivity index (χ0n) is 8.95. The minimum atomic E-state index is -0.268. The van der Waals surface area contributed by atoms with E-state index in [0.717, 1.165) is 27.5 Å². The SMILES string of the molecule is N#CC1CCCCN1C(=O)c1cc(Br)c(Br)s1. The summed E-state index contributed by atoms with van der Waals surface area (Å²) in [5, 5.41) is 9.06. The molecule has 1 atom stereocenters. The van der Waals surface area contributed by atoms with Crippen molar-refractivity contribution in [3.63, 3.8) is 0 Å². The van der Waals surface area contributed by atoms with Crippen molar-refractivity contribution in [2.45, 2.75) is 25.3 Å². The van der Waals surface area contributed by atoms with Crippen LogP contribution in [0.1, 0.15) is 28.9 Å². The number of nitrogens with zero attached hydrogens (tertiary/aromatic N) is 2. The number of hydrogen-bond donors (Lipinski definition) is 0. The van der Waals surface area contributed by atoms with E-state index in [1.165, 1.54) is 11.3 Å². The van der Waals surface area contributed by atoms with Gasteiger partial charge in [0.2, 0.25) is 0 Å². The quantitative estimate of drug-likeness (QED) is 0.747. The van der Waals surface area contributed by atoms with Crippen LogP contribution in [0, 0.1) is 11.3 Å². The van der Waals surface area contributed by atoms with Crippen LogP contribution in [0.3, 0.4) is 0 Å². The Labute approximate surface area is 121 Å². The Morgan fingerprint density at radius 1 is 1.53 bits per heavy atom. The van der Waals surface area contributed by atoms with E-state index in [4.69, 9.17) is 5.26 Å². The molecule has 3 nitrogen and oxygen atoms in total. The minimum Gasteiger partial charge on any atom is -0.322 e. The molecular formula is C11H10Br2N2OS. The monoisotopic (exact) mass is 376 g/mol. The van der Waals surface area contributed by atoms with Crippen LogP contribution in [-0.4, -0.2) is 23.4 Å². The Kier molecular flexibility index (Phi) is 4.23. The molecule has 0 aromatic carbocycles. The molecule has 1 aliphatic heterocycles. The summed E-state index contributed by atoms with van der Waals surface area (Å²) in [4.78, 5) is 14.6. The largest absolute Gasteiger partial charge is 0.322 e. The van der Waals surface area contributed by atoms with Gasteiger partial charge in [0.05, 0.1) is 14.7 Å². The summed E-state index contributed by atoms with van der Waals surface area (Å²) in [5.41, 5.74) is 0. The van der Waals surface area contributed by atoms with Gasteiger partial charge in [0, 0.05) is 11.0 Å². The first-order valence-electron chi connectivity index (χ1n) is 5.29. The summed E-state index contributed by atoms with van der Waals surface area (Å²) in [5.74, 6) is -0.0346. The highest BCUT2D eigenvalue weighted by Crippen LogP contribution is 2.33. The third-order valence-electron chi connectivity index (χ3n) is 2.77. The van der Waals surface area contributed by atoms with Gasteiger partial charge in [-0.3, -0.25) is 4.79 Å². The molecule has 1 saturated heterocycles. The Balaban J connectivity index is 2.21. The van der Waals surface area contributed by atoms with Crippen molar-refractivity contribution in [1.82, 2.24) is 4.90 Å². The number of carbonyl (C=O) groups is 1. The molecule has 0 N–H and O–H groups in total. The van der Waals surface area contributed by atoms with Gasteiger partial charge in [0.15, 0.2) is 0 Å². The molecule has 2 rings (SSSR count). The highest BCUT2D eigenvalue weighted by molar-refractivity contribution is 9.13. The van der Waals surface area contributed by atoms with Crippen LogP contribution >= 0.6 is 43.2 Å². The van der Waals surface area contributed by atoms with Crippen LogP contribution in [0.5, 0.6) is 0 Å². The number of likely N-dealkylation sites (tertiary alicyclic amines) is 1. The third kappa shape index (κ3) is 2.72. The molecule has 17 heavy (non-hydrogen) atoms. The van der Waals surface area contributed by atoms with Gasteiger partial charge in [0.25, 0.3) is 5.91 Å². The molecule has 1 aromatic heterocycles. The van der Waals surface area contributed by atoms with E-state index in [1.807, 2.05) is 0 Å². The fourth-order valence-electron chi connectivity index (χ4n) is 1.90. The molecule has 0 bridgehead atoms. The second kappa shape index (κ2) is 5.51. The van der Waals surface area contributed by atoms with Crippen LogP contribution in [-0.2, 0) is 0 Å². The van der Waals surface area contributed by atoms with Crippen molar-refractivity contribution in [3.05, 3.63) is 19.2 Å². The molecular weight excluding hydrogens is 368 g/mol. The summed E-state index contributed by atoms with van der Waals surface area (Å²) in [7, 11) is 0. The fraction of sp³-hybridized carbons (Fsp3) is 0.455. The van der Waals surface area contributed by atoms with E-state index in [2.05, 4.69) is 37.9 Å². The number of halogens is 2. The van der Waals surface area contributed by atoms with Crippen molar-refractivity contribution in [3.8, 4) is 6.07 Å². The van der Waals surface area contributed by atoms with E-state index < -0.39 is 0 Å². The van der Waals surface area contributed by atoms with Gasteiger partial charge >= 0.3 is 0 Å². The predicted molar refractivity (Wildman–Crippen MR) is 74.0 cm³/mol. The number of rotatable bonds is 1. The van der Waals surface area contributed by atoms with E-state index in [0.29, 0.717) is 11.4 Å². The minimum absolute atomic E-state index is 0.0346. The molecule has 1 fully saturated rings. The van der Waals surface area contributed by atoms with Crippen molar-refractivity contribution in [2.75, 3.05) is 6.54 Å². The molecule has 1 aromatic rings. The molecule has 90 valence electrons. The van der Waals surface area contributed by atoms with Gasteiger partial charge in [-0.2, -0.15) is 5.26 Å². The lowest BCUT2D eigenvalue weighted by molar-refractivity contribution is 0.0675. The lowest BCUT2D eigenvalue weighted by atomic mass is 10.0. The Morgan fingerprint density at radius 3 is 2.88 bits per heavy atom. The van der Waals surface area contributed by atoms with E-state index in [1.54, 1.807) is 11.0 Å². The van der Waals surface area contributed by atoms with Crippen molar-refractivity contribution < 1.29 is 4.79 Å². The van der Waals surface area contributed by atoms with Gasteiger partial charge in [-0.05, 0) is 57.2 Å². The van der Waals surface area contributed by atoms with Gasteiger partial charge in [-0.15, -0.1) is 11.3 Å². The smallest absolute Gasteiger partial charge is 0.265 e. The highest BCUT2D eigenvalue weighted by Gasteiger charge is 2.28. The molecule has 1 amide bonds. The van der Waals surface area contributed by atoms with Crippen LogP contribution in [0.25, 0.3) is 0 Å². The summed E-state index contributed by atoms with van der Waals surface area (Å²) >= 11 is 8.14. The molecule has 2 heterocycles. The average Bonchev–Trinajstić information content (AvgIpc) is 2.68. The lowest BCUT2D eigenvalue weighted by Crippen LogP contribution is -2.42. The first kappa shape index (κ1) is 13.1. The van der Waals surface area contributed by atoms with Crippen LogP contribution < -0.4 is 0 Å². The summed E-state index contributed by atoms with van der Waals surface area (Å²) in [6.07, 6.45) is 2.80. The number of amides is 1. The summed E-state index contributed by atoms with van der Waals surface area (Å²) in [6, 6.07) is 3.75. The van der Waals surface area contributed by atoms with E-state index >= 15 is 0 Å². The second-order valence-corrected chi connectivity index (χ2v) is 7.10. The molecule has 1 unspecified atom stereocenters. The van der Waals surface area contributed by atoms with Crippen molar-refractivity contribution >= 4 is 49.1 Å². The molecule has 0 spiro atoms. The second-order valence-electron chi connectivity index (χ2n) is 3.87. The van der Waals surface area contributed by atoms with Crippen molar-refractivity contribution in [2.24, 2.45) is 0 Å². The number of piperidine rings is 1. The Morgan fingerprint density at radius 2 is 2.29 bits per heavy atom. The number of nitriles is 1. The van der Waals surface area contributed by atoms with Crippen molar-refractivity contribution in [1.29, 1.82) is 5.26 Å². The number of carbonyl (C=O) groups excluding carboxylic acids is 1. The zero-order chi connectivity index (χ0) is 12.4. The van der Waals surface area contributed by atoms with E-state index in [-0.39, 0.29) is 11.9 Å². The van der Waals surface area contributed by atoms with Gasteiger partial charge in [-0.1, -0.05) is 0 Å². The van der Waals surface area contributed by atoms with Crippen LogP contribution in [0.15, 0.2) is 14.3 Å². The van der Waals surface area contributed by atoms with Gasteiger partial charge in [0.1, 0.15) is 6.04 Å². The molecule has 0 saturated carbocycles. The summed E-state index contributed by atoms with van der Waals surface area (Å²) < 4.78 is 1.79. The first-order chi connectivity index (χ1) is 8.13. The number of hydrogen-bond acceptors (Lipinski definition) is 3. The maximum absolute atomic E-state index is 12.3. The third-order valence-corrected chi connectivity index (χ3v) is 6.01. The maximum atomic E-state index is 12.3.